The van der Waals surface area contributed by atoms with Crippen molar-refractivity contribution in [3.05, 3.63) is 24.3 Å². The van der Waals surface area contributed by atoms with E-state index in [0.717, 1.165) is 0 Å². The van der Waals surface area contributed by atoms with Crippen molar-refractivity contribution < 1.29 is 9.59 Å². The van der Waals surface area contributed by atoms with E-state index in [1.165, 1.54) is 12.2 Å². The van der Waals surface area contributed by atoms with Crippen molar-refractivity contribution in [1.82, 2.24) is 4.90 Å². The molecule has 0 aromatic heterocycles. The van der Waals surface area contributed by atoms with Crippen LogP contribution in [-0.2, 0) is 9.59 Å². The molecule has 3 heteroatoms. The van der Waals surface area contributed by atoms with Crippen LogP contribution in [0.25, 0.3) is 0 Å². The lowest BCUT2D eigenvalue weighted by Gasteiger charge is -2.16. The standard InChI is InChI=1S/C13H21NO2/c1-6-11(8-12(15)7-2)13(16)10(3)9-14(4)5/h6,8,10H,1,7,9H2,2-5H3/b11-8+. The van der Waals surface area contributed by atoms with Crippen LogP contribution in [0.3, 0.4) is 0 Å². The minimum Gasteiger partial charge on any atom is -0.309 e. The third kappa shape index (κ3) is 5.03. The maximum absolute atomic E-state index is 11.9. The van der Waals surface area contributed by atoms with Crippen molar-refractivity contribution in [1.29, 1.82) is 0 Å². The molecule has 90 valence electrons. The molecule has 0 rings (SSSR count). The normalized spacial score (nSPS) is 13.7. The third-order valence-corrected chi connectivity index (χ3v) is 2.26. The van der Waals surface area contributed by atoms with E-state index in [-0.39, 0.29) is 17.5 Å². The Morgan fingerprint density at radius 3 is 2.31 bits per heavy atom. The Morgan fingerprint density at radius 1 is 1.38 bits per heavy atom. The highest BCUT2D eigenvalue weighted by atomic mass is 16.1. The number of carbonyl (C=O) groups is 2. The average molecular weight is 223 g/mol. The minimum atomic E-state index is -0.121. The van der Waals surface area contributed by atoms with Crippen molar-refractivity contribution in [2.24, 2.45) is 5.92 Å². The zero-order chi connectivity index (χ0) is 12.7. The average Bonchev–Trinajstić information content (AvgIpc) is 2.23. The first-order valence-corrected chi connectivity index (χ1v) is 5.48. The second kappa shape index (κ2) is 7.12. The molecule has 0 amide bonds. The topological polar surface area (TPSA) is 37.4 Å². The van der Waals surface area contributed by atoms with Gasteiger partial charge < -0.3 is 4.90 Å². The van der Waals surface area contributed by atoms with E-state index in [1.54, 1.807) is 6.92 Å². The van der Waals surface area contributed by atoms with Gasteiger partial charge in [0.2, 0.25) is 0 Å². The summed E-state index contributed by atoms with van der Waals surface area (Å²) >= 11 is 0. The summed E-state index contributed by atoms with van der Waals surface area (Å²) in [5, 5.41) is 0. The fourth-order valence-corrected chi connectivity index (χ4v) is 1.42. The van der Waals surface area contributed by atoms with Crippen molar-refractivity contribution in [2.75, 3.05) is 20.6 Å². The molecule has 0 aromatic rings. The fraction of sp³-hybridized carbons (Fsp3) is 0.538. The zero-order valence-electron chi connectivity index (χ0n) is 10.6. The molecule has 0 aliphatic rings. The number of hydrogen-bond acceptors (Lipinski definition) is 3. The molecule has 0 radical (unpaired) electrons. The molecule has 0 aromatic carbocycles. The molecule has 0 spiro atoms. The Morgan fingerprint density at radius 2 is 1.94 bits per heavy atom. The molecule has 0 N–H and O–H groups in total. The lowest BCUT2D eigenvalue weighted by Crippen LogP contribution is -2.26. The molecule has 3 nitrogen and oxygen atoms in total. The van der Waals surface area contributed by atoms with Gasteiger partial charge in [0.15, 0.2) is 11.6 Å². The molecule has 0 fully saturated rings. The smallest absolute Gasteiger partial charge is 0.167 e. The van der Waals surface area contributed by atoms with Crippen molar-refractivity contribution in [3.63, 3.8) is 0 Å². The van der Waals surface area contributed by atoms with Crippen LogP contribution < -0.4 is 0 Å². The van der Waals surface area contributed by atoms with Crippen LogP contribution in [0.1, 0.15) is 20.3 Å². The first kappa shape index (κ1) is 14.8. The summed E-state index contributed by atoms with van der Waals surface area (Å²) in [4.78, 5) is 25.1. The zero-order valence-corrected chi connectivity index (χ0v) is 10.6. The Labute approximate surface area is 97.8 Å². The van der Waals surface area contributed by atoms with E-state index in [9.17, 15) is 9.59 Å². The van der Waals surface area contributed by atoms with E-state index in [0.29, 0.717) is 18.5 Å². The molecule has 0 aliphatic heterocycles. The molecule has 0 saturated heterocycles. The van der Waals surface area contributed by atoms with Gasteiger partial charge in [-0.3, -0.25) is 9.59 Å². The van der Waals surface area contributed by atoms with Gasteiger partial charge in [-0.1, -0.05) is 26.5 Å². The van der Waals surface area contributed by atoms with Gasteiger partial charge >= 0.3 is 0 Å². The highest BCUT2D eigenvalue weighted by Crippen LogP contribution is 2.09. The lowest BCUT2D eigenvalue weighted by molar-refractivity contribution is -0.119. The summed E-state index contributed by atoms with van der Waals surface area (Å²) in [5.41, 5.74) is 0.418. The summed E-state index contributed by atoms with van der Waals surface area (Å²) in [7, 11) is 3.83. The highest BCUT2D eigenvalue weighted by molar-refractivity contribution is 6.05. The van der Waals surface area contributed by atoms with Gasteiger partial charge in [-0.05, 0) is 20.2 Å². The first-order chi connectivity index (χ1) is 7.42. The molecule has 1 unspecified atom stereocenters. The van der Waals surface area contributed by atoms with Crippen LogP contribution in [0.2, 0.25) is 0 Å². The number of rotatable bonds is 7. The molecule has 0 aliphatic carbocycles. The van der Waals surface area contributed by atoms with Gasteiger partial charge in [-0.15, -0.1) is 0 Å². The number of ketones is 2. The SMILES string of the molecule is C=C/C(=C\C(=O)CC)C(=O)C(C)CN(C)C. The number of Topliss-reactive ketones (excluding diaryl/α,β-unsaturated/α-hetero) is 1. The fourth-order valence-electron chi connectivity index (χ4n) is 1.42. The summed E-state index contributed by atoms with van der Waals surface area (Å²) in [5.74, 6) is -0.185. The maximum atomic E-state index is 11.9. The van der Waals surface area contributed by atoms with Crippen molar-refractivity contribution >= 4 is 11.6 Å². The molecule has 0 bridgehead atoms. The molecular formula is C13H21NO2. The number of nitrogens with zero attached hydrogens (tertiary/aromatic N) is 1. The number of allylic oxidation sites excluding steroid dienone is 3. The lowest BCUT2D eigenvalue weighted by atomic mass is 9.97. The third-order valence-electron chi connectivity index (χ3n) is 2.26. The Hall–Kier alpha value is -1.22. The monoisotopic (exact) mass is 223 g/mol. The van der Waals surface area contributed by atoms with Gasteiger partial charge in [0.05, 0.1) is 0 Å². The Bertz CT molecular complexity index is 303. The number of hydrogen-bond donors (Lipinski definition) is 0. The summed E-state index contributed by atoms with van der Waals surface area (Å²) < 4.78 is 0. The van der Waals surface area contributed by atoms with Gasteiger partial charge in [-0.2, -0.15) is 0 Å². The molecular weight excluding hydrogens is 202 g/mol. The summed E-state index contributed by atoms with van der Waals surface area (Å²) in [6.45, 7) is 7.88. The van der Waals surface area contributed by atoms with Gasteiger partial charge in [-0.25, -0.2) is 0 Å². The quantitative estimate of drug-likeness (QED) is 0.488. The second-order valence-corrected chi connectivity index (χ2v) is 4.15. The second-order valence-electron chi connectivity index (χ2n) is 4.15. The summed E-state index contributed by atoms with van der Waals surface area (Å²) in [6, 6.07) is 0. The van der Waals surface area contributed by atoms with E-state index in [2.05, 4.69) is 6.58 Å². The van der Waals surface area contributed by atoms with E-state index < -0.39 is 0 Å². The van der Waals surface area contributed by atoms with E-state index in [1.807, 2.05) is 25.9 Å². The van der Waals surface area contributed by atoms with Gasteiger partial charge in [0.1, 0.15) is 0 Å². The van der Waals surface area contributed by atoms with Crippen LogP contribution in [0.4, 0.5) is 0 Å². The highest BCUT2D eigenvalue weighted by Gasteiger charge is 2.16. The molecule has 1 atom stereocenters. The predicted octanol–water partition coefficient (Wildman–Crippen LogP) is 1.84. The van der Waals surface area contributed by atoms with Gasteiger partial charge in [0.25, 0.3) is 0 Å². The number of carbonyl (C=O) groups excluding carboxylic acids is 2. The van der Waals surface area contributed by atoms with Crippen LogP contribution in [0.5, 0.6) is 0 Å². The van der Waals surface area contributed by atoms with Crippen molar-refractivity contribution in [3.8, 4) is 0 Å². The molecule has 0 saturated carbocycles. The predicted molar refractivity (Wildman–Crippen MR) is 66.3 cm³/mol. The van der Waals surface area contributed by atoms with E-state index in [4.69, 9.17) is 0 Å². The van der Waals surface area contributed by atoms with Crippen LogP contribution >= 0.6 is 0 Å². The minimum absolute atomic E-state index is 0.0227. The largest absolute Gasteiger partial charge is 0.309 e. The van der Waals surface area contributed by atoms with Crippen LogP contribution in [-0.4, -0.2) is 37.1 Å². The molecule has 16 heavy (non-hydrogen) atoms. The first-order valence-electron chi connectivity index (χ1n) is 5.48. The molecule has 0 heterocycles. The summed E-state index contributed by atoms with van der Waals surface area (Å²) in [6.07, 6.45) is 3.26. The Kier molecular flexibility index (Phi) is 6.58. The van der Waals surface area contributed by atoms with Gasteiger partial charge in [0, 0.05) is 24.5 Å². The van der Waals surface area contributed by atoms with Crippen LogP contribution in [0.15, 0.2) is 24.3 Å². The maximum Gasteiger partial charge on any atom is 0.167 e. The van der Waals surface area contributed by atoms with E-state index >= 15 is 0 Å². The van der Waals surface area contributed by atoms with Crippen molar-refractivity contribution in [2.45, 2.75) is 20.3 Å². The van der Waals surface area contributed by atoms with Crippen LogP contribution in [0, 0.1) is 5.92 Å². The Balaban J connectivity index is 4.72.